The molecule has 2 rings (SSSR count). The Morgan fingerprint density at radius 3 is 2.95 bits per heavy atom. The van der Waals surface area contributed by atoms with Gasteiger partial charge < -0.3 is 16.4 Å². The molecular weight excluding hydrogens is 256 g/mol. The second-order valence-electron chi connectivity index (χ2n) is 4.87. The number of rotatable bonds is 5. The number of amides is 2. The number of para-hydroxylation sites is 2. The van der Waals surface area contributed by atoms with Gasteiger partial charge >= 0.3 is 0 Å². The summed E-state index contributed by atoms with van der Waals surface area (Å²) in [6.07, 6.45) is 1.15. The van der Waals surface area contributed by atoms with Crippen molar-refractivity contribution in [1.82, 2.24) is 10.2 Å². The highest BCUT2D eigenvalue weighted by Gasteiger charge is 2.15. The fourth-order valence-corrected chi connectivity index (χ4v) is 2.17. The monoisotopic (exact) mass is 276 g/mol. The third-order valence-electron chi connectivity index (χ3n) is 3.23. The van der Waals surface area contributed by atoms with E-state index in [4.69, 9.17) is 5.73 Å². The Kier molecular flexibility index (Phi) is 4.95. The first-order valence-corrected chi connectivity index (χ1v) is 6.78. The first-order valence-electron chi connectivity index (χ1n) is 6.78. The van der Waals surface area contributed by atoms with Crippen molar-refractivity contribution in [2.75, 3.05) is 37.2 Å². The van der Waals surface area contributed by atoms with E-state index in [1.54, 1.807) is 12.1 Å². The van der Waals surface area contributed by atoms with Gasteiger partial charge in [0.15, 0.2) is 0 Å². The van der Waals surface area contributed by atoms with Crippen LogP contribution in [0.4, 0.5) is 11.4 Å². The van der Waals surface area contributed by atoms with Crippen LogP contribution in [-0.2, 0) is 9.59 Å². The summed E-state index contributed by atoms with van der Waals surface area (Å²) in [7, 11) is 0. The minimum Gasteiger partial charge on any atom is -0.397 e. The van der Waals surface area contributed by atoms with Gasteiger partial charge in [0.05, 0.1) is 17.9 Å². The standard InChI is InChI=1S/C14H20N4O2/c15-11-4-1-2-5-12(11)17-13(19)6-3-8-18-9-7-16-14(20)10-18/h1-2,4-5H,3,6-10,15H2,(H,16,20)(H,17,19). The van der Waals surface area contributed by atoms with Crippen molar-refractivity contribution < 1.29 is 9.59 Å². The Bertz CT molecular complexity index is 490. The summed E-state index contributed by atoms with van der Waals surface area (Å²) in [6, 6.07) is 7.19. The Hall–Kier alpha value is -2.08. The maximum atomic E-state index is 11.8. The van der Waals surface area contributed by atoms with E-state index < -0.39 is 0 Å². The number of nitrogens with two attached hydrogens (primary N) is 1. The molecular formula is C14H20N4O2. The summed E-state index contributed by atoms with van der Waals surface area (Å²) in [5.74, 6) is 0.00196. The molecule has 0 radical (unpaired) electrons. The van der Waals surface area contributed by atoms with E-state index in [0.717, 1.165) is 19.5 Å². The molecule has 0 unspecified atom stereocenters. The van der Waals surface area contributed by atoms with Gasteiger partial charge in [0, 0.05) is 19.5 Å². The number of hydrogen-bond acceptors (Lipinski definition) is 4. The molecule has 6 heteroatoms. The van der Waals surface area contributed by atoms with Crippen molar-refractivity contribution >= 4 is 23.2 Å². The van der Waals surface area contributed by atoms with Gasteiger partial charge in [-0.2, -0.15) is 0 Å². The molecule has 1 aromatic rings. The topological polar surface area (TPSA) is 87.5 Å². The number of nitrogens with one attached hydrogen (secondary N) is 2. The normalized spacial score (nSPS) is 15.7. The summed E-state index contributed by atoms with van der Waals surface area (Å²) >= 11 is 0. The van der Waals surface area contributed by atoms with Gasteiger partial charge in [-0.05, 0) is 25.1 Å². The number of piperazine rings is 1. The Morgan fingerprint density at radius 1 is 1.40 bits per heavy atom. The second-order valence-corrected chi connectivity index (χ2v) is 4.87. The number of carbonyl (C=O) groups excluding carboxylic acids is 2. The lowest BCUT2D eigenvalue weighted by atomic mass is 10.2. The third kappa shape index (κ3) is 4.24. The van der Waals surface area contributed by atoms with Gasteiger partial charge in [-0.3, -0.25) is 14.5 Å². The SMILES string of the molecule is Nc1ccccc1NC(=O)CCCN1CCNC(=O)C1. The minimum absolute atomic E-state index is 0.0515. The highest BCUT2D eigenvalue weighted by molar-refractivity contribution is 5.93. The zero-order valence-corrected chi connectivity index (χ0v) is 11.4. The average Bonchev–Trinajstić information content (AvgIpc) is 2.41. The number of carbonyl (C=O) groups is 2. The zero-order chi connectivity index (χ0) is 14.4. The molecule has 0 aliphatic carbocycles. The van der Waals surface area contributed by atoms with Crippen molar-refractivity contribution in [3.05, 3.63) is 24.3 Å². The van der Waals surface area contributed by atoms with Crippen molar-refractivity contribution in [1.29, 1.82) is 0 Å². The smallest absolute Gasteiger partial charge is 0.234 e. The first-order chi connectivity index (χ1) is 9.65. The Morgan fingerprint density at radius 2 is 2.20 bits per heavy atom. The van der Waals surface area contributed by atoms with Crippen LogP contribution in [0.15, 0.2) is 24.3 Å². The van der Waals surface area contributed by atoms with Crippen molar-refractivity contribution in [3.63, 3.8) is 0 Å². The minimum atomic E-state index is -0.0515. The van der Waals surface area contributed by atoms with Gasteiger partial charge in [0.1, 0.15) is 0 Å². The molecule has 6 nitrogen and oxygen atoms in total. The zero-order valence-electron chi connectivity index (χ0n) is 11.4. The van der Waals surface area contributed by atoms with Crippen LogP contribution >= 0.6 is 0 Å². The number of nitrogens with zero attached hydrogens (tertiary/aromatic N) is 1. The fourth-order valence-electron chi connectivity index (χ4n) is 2.17. The van der Waals surface area contributed by atoms with Crippen molar-refractivity contribution in [3.8, 4) is 0 Å². The van der Waals surface area contributed by atoms with Gasteiger partial charge in [0.25, 0.3) is 0 Å². The summed E-state index contributed by atoms with van der Waals surface area (Å²) in [4.78, 5) is 25.1. The summed E-state index contributed by atoms with van der Waals surface area (Å²) in [6.45, 7) is 2.71. The molecule has 1 saturated heterocycles. The highest BCUT2D eigenvalue weighted by atomic mass is 16.2. The fraction of sp³-hybridized carbons (Fsp3) is 0.429. The van der Waals surface area contributed by atoms with Crippen LogP contribution in [0.25, 0.3) is 0 Å². The molecule has 1 fully saturated rings. The molecule has 0 spiro atoms. The van der Waals surface area contributed by atoms with Crippen LogP contribution in [-0.4, -0.2) is 42.9 Å². The molecule has 1 aliphatic heterocycles. The average molecular weight is 276 g/mol. The van der Waals surface area contributed by atoms with Crippen LogP contribution in [0, 0.1) is 0 Å². The molecule has 0 atom stereocenters. The lowest BCUT2D eigenvalue weighted by Gasteiger charge is -2.26. The number of benzene rings is 1. The maximum Gasteiger partial charge on any atom is 0.234 e. The van der Waals surface area contributed by atoms with E-state index in [1.807, 2.05) is 12.1 Å². The predicted molar refractivity (Wildman–Crippen MR) is 78.2 cm³/mol. The largest absolute Gasteiger partial charge is 0.397 e. The highest BCUT2D eigenvalue weighted by Crippen LogP contribution is 2.16. The summed E-state index contributed by atoms with van der Waals surface area (Å²) in [5, 5.41) is 5.57. The molecule has 4 N–H and O–H groups in total. The predicted octanol–water partition coefficient (Wildman–Crippen LogP) is 0.419. The van der Waals surface area contributed by atoms with Gasteiger partial charge in [-0.15, -0.1) is 0 Å². The second kappa shape index (κ2) is 6.91. The van der Waals surface area contributed by atoms with E-state index >= 15 is 0 Å². The van der Waals surface area contributed by atoms with E-state index in [0.29, 0.717) is 30.9 Å². The molecule has 2 amide bonds. The quantitative estimate of drug-likeness (QED) is 0.680. The van der Waals surface area contributed by atoms with Crippen LogP contribution in [0.5, 0.6) is 0 Å². The molecule has 0 saturated carbocycles. The van der Waals surface area contributed by atoms with Gasteiger partial charge in [-0.1, -0.05) is 12.1 Å². The number of hydrogen-bond donors (Lipinski definition) is 3. The van der Waals surface area contributed by atoms with Gasteiger partial charge in [-0.25, -0.2) is 0 Å². The van der Waals surface area contributed by atoms with E-state index in [2.05, 4.69) is 15.5 Å². The molecule has 1 aromatic carbocycles. The molecule has 1 heterocycles. The van der Waals surface area contributed by atoms with Crippen LogP contribution in [0.2, 0.25) is 0 Å². The molecule has 1 aliphatic rings. The first kappa shape index (κ1) is 14.3. The van der Waals surface area contributed by atoms with E-state index in [-0.39, 0.29) is 11.8 Å². The Balaban J connectivity index is 1.70. The number of nitrogen functional groups attached to an aromatic ring is 1. The van der Waals surface area contributed by atoms with Crippen LogP contribution in [0.1, 0.15) is 12.8 Å². The van der Waals surface area contributed by atoms with E-state index in [9.17, 15) is 9.59 Å². The van der Waals surface area contributed by atoms with Crippen LogP contribution < -0.4 is 16.4 Å². The summed E-state index contributed by atoms with van der Waals surface area (Å²) < 4.78 is 0. The maximum absolute atomic E-state index is 11.8. The Labute approximate surface area is 118 Å². The molecule has 0 bridgehead atoms. The van der Waals surface area contributed by atoms with Crippen molar-refractivity contribution in [2.45, 2.75) is 12.8 Å². The molecule has 20 heavy (non-hydrogen) atoms. The van der Waals surface area contributed by atoms with Crippen LogP contribution in [0.3, 0.4) is 0 Å². The third-order valence-corrected chi connectivity index (χ3v) is 3.23. The van der Waals surface area contributed by atoms with E-state index in [1.165, 1.54) is 0 Å². The summed E-state index contributed by atoms with van der Waals surface area (Å²) in [5.41, 5.74) is 6.97. The molecule has 0 aromatic heterocycles. The molecule has 108 valence electrons. The van der Waals surface area contributed by atoms with Crippen molar-refractivity contribution in [2.24, 2.45) is 0 Å². The number of anilines is 2. The lowest BCUT2D eigenvalue weighted by Crippen LogP contribution is -2.47. The lowest BCUT2D eigenvalue weighted by molar-refractivity contribution is -0.124. The van der Waals surface area contributed by atoms with Gasteiger partial charge in [0.2, 0.25) is 11.8 Å².